The van der Waals surface area contributed by atoms with E-state index >= 15 is 0 Å². The first-order chi connectivity index (χ1) is 12.2. The highest BCUT2D eigenvalue weighted by molar-refractivity contribution is 7.20. The second-order valence-corrected chi connectivity index (χ2v) is 7.23. The Kier molecular flexibility index (Phi) is 4.17. The van der Waals surface area contributed by atoms with Crippen molar-refractivity contribution in [2.75, 3.05) is 4.90 Å². The van der Waals surface area contributed by atoms with Crippen molar-refractivity contribution in [1.29, 1.82) is 0 Å². The second kappa shape index (κ2) is 6.62. The van der Waals surface area contributed by atoms with E-state index in [0.717, 1.165) is 32.0 Å². The van der Waals surface area contributed by atoms with Crippen LogP contribution in [-0.2, 0) is 6.54 Å². The Balaban J connectivity index is 1.69. The lowest BCUT2D eigenvalue weighted by Crippen LogP contribution is -2.35. The molecule has 0 radical (unpaired) electrons. The molecule has 0 bridgehead atoms. The summed E-state index contributed by atoms with van der Waals surface area (Å²) in [7, 11) is 0. The van der Waals surface area contributed by atoms with Gasteiger partial charge in [0.05, 0.1) is 22.8 Å². The van der Waals surface area contributed by atoms with E-state index < -0.39 is 6.03 Å². The van der Waals surface area contributed by atoms with E-state index in [1.165, 1.54) is 0 Å². The van der Waals surface area contributed by atoms with Gasteiger partial charge in [-0.15, -0.1) is 22.7 Å². The van der Waals surface area contributed by atoms with Crippen molar-refractivity contribution in [3.8, 4) is 9.88 Å². The van der Waals surface area contributed by atoms with Crippen molar-refractivity contribution in [3.05, 3.63) is 65.2 Å². The Morgan fingerprint density at radius 2 is 2.08 bits per heavy atom. The van der Waals surface area contributed by atoms with E-state index in [2.05, 4.69) is 9.97 Å². The summed E-state index contributed by atoms with van der Waals surface area (Å²) in [6.07, 6.45) is 3.48. The van der Waals surface area contributed by atoms with Gasteiger partial charge < -0.3 is 5.73 Å². The van der Waals surface area contributed by atoms with Crippen LogP contribution in [-0.4, -0.2) is 16.0 Å². The number of pyridine rings is 1. The van der Waals surface area contributed by atoms with Crippen LogP contribution in [0, 0.1) is 0 Å². The number of aromatic nitrogens is 2. The van der Waals surface area contributed by atoms with Gasteiger partial charge in [-0.3, -0.25) is 9.88 Å². The van der Waals surface area contributed by atoms with E-state index in [9.17, 15) is 4.79 Å². The average Bonchev–Trinajstić information content (AvgIpc) is 3.30. The molecule has 0 aliphatic heterocycles. The summed E-state index contributed by atoms with van der Waals surface area (Å²) in [4.78, 5) is 23.5. The second-order valence-electron chi connectivity index (χ2n) is 5.42. The molecule has 4 rings (SSSR count). The molecule has 3 aromatic heterocycles. The molecule has 0 aliphatic rings. The Morgan fingerprint density at radius 1 is 1.16 bits per heavy atom. The van der Waals surface area contributed by atoms with Crippen LogP contribution in [0.2, 0.25) is 0 Å². The summed E-state index contributed by atoms with van der Waals surface area (Å²) in [5.41, 5.74) is 7.24. The molecule has 2 N–H and O–H groups in total. The highest BCUT2D eigenvalue weighted by Gasteiger charge is 2.17. The first kappa shape index (κ1) is 15.7. The molecule has 2 amide bonds. The first-order valence-electron chi connectivity index (χ1n) is 7.60. The van der Waals surface area contributed by atoms with Crippen molar-refractivity contribution >= 4 is 45.2 Å². The number of nitrogens with zero attached hydrogens (tertiary/aromatic N) is 3. The number of nitrogens with two attached hydrogens (primary N) is 1. The lowest BCUT2D eigenvalue weighted by molar-refractivity contribution is 0.253. The Morgan fingerprint density at radius 3 is 2.88 bits per heavy atom. The van der Waals surface area contributed by atoms with Crippen LogP contribution in [0.1, 0.15) is 5.69 Å². The molecule has 4 aromatic rings. The molecule has 124 valence electrons. The number of carbonyl (C=O) groups excluding carboxylic acids is 1. The topological polar surface area (TPSA) is 72.1 Å². The van der Waals surface area contributed by atoms with Crippen molar-refractivity contribution < 1.29 is 4.79 Å². The predicted molar refractivity (Wildman–Crippen MR) is 103 cm³/mol. The maximum Gasteiger partial charge on any atom is 0.319 e. The van der Waals surface area contributed by atoms with Gasteiger partial charge in [0, 0.05) is 28.5 Å². The maximum absolute atomic E-state index is 12.1. The minimum absolute atomic E-state index is 0.332. The minimum atomic E-state index is -0.505. The van der Waals surface area contributed by atoms with Gasteiger partial charge in [0.1, 0.15) is 5.01 Å². The zero-order chi connectivity index (χ0) is 17.2. The SMILES string of the molecule is NC(=O)N(Cc1csc(-c2cccs2)n1)c1cccc2cnccc12. The normalized spacial score (nSPS) is 10.9. The van der Waals surface area contributed by atoms with Gasteiger partial charge >= 0.3 is 6.03 Å². The van der Waals surface area contributed by atoms with Crippen molar-refractivity contribution in [1.82, 2.24) is 9.97 Å². The maximum atomic E-state index is 12.1. The Labute approximate surface area is 152 Å². The molecule has 1 aromatic carbocycles. The fourth-order valence-corrected chi connectivity index (χ4v) is 4.30. The average molecular weight is 366 g/mol. The highest BCUT2D eigenvalue weighted by Crippen LogP contribution is 2.30. The number of carbonyl (C=O) groups is 1. The van der Waals surface area contributed by atoms with E-state index in [4.69, 9.17) is 5.73 Å². The largest absolute Gasteiger partial charge is 0.351 e. The third-order valence-corrected chi connectivity index (χ3v) is 5.75. The van der Waals surface area contributed by atoms with Gasteiger partial charge in [-0.1, -0.05) is 18.2 Å². The fraction of sp³-hybridized carbons (Fsp3) is 0.0556. The lowest BCUT2D eigenvalue weighted by atomic mass is 10.1. The van der Waals surface area contributed by atoms with E-state index in [-0.39, 0.29) is 0 Å². The molecule has 0 atom stereocenters. The minimum Gasteiger partial charge on any atom is -0.351 e. The number of rotatable bonds is 4. The molecule has 3 heterocycles. The molecule has 0 unspecified atom stereocenters. The number of benzene rings is 1. The molecule has 25 heavy (non-hydrogen) atoms. The number of urea groups is 1. The molecule has 7 heteroatoms. The van der Waals surface area contributed by atoms with Crippen molar-refractivity contribution in [3.63, 3.8) is 0 Å². The summed E-state index contributed by atoms with van der Waals surface area (Å²) in [6.45, 7) is 0.332. The van der Waals surface area contributed by atoms with E-state index in [1.54, 1.807) is 40.0 Å². The lowest BCUT2D eigenvalue weighted by Gasteiger charge is -2.21. The van der Waals surface area contributed by atoms with Crippen molar-refractivity contribution in [2.45, 2.75) is 6.54 Å². The Bertz CT molecular complexity index is 1020. The summed E-state index contributed by atoms with van der Waals surface area (Å²) in [5.74, 6) is 0. The highest BCUT2D eigenvalue weighted by atomic mass is 32.1. The first-order valence-corrected chi connectivity index (χ1v) is 9.36. The van der Waals surface area contributed by atoms with Crippen LogP contribution >= 0.6 is 22.7 Å². The number of amides is 2. The summed E-state index contributed by atoms with van der Waals surface area (Å²) in [6, 6.07) is 11.2. The summed E-state index contributed by atoms with van der Waals surface area (Å²) >= 11 is 3.22. The summed E-state index contributed by atoms with van der Waals surface area (Å²) in [5, 5.41) is 6.85. The quantitative estimate of drug-likeness (QED) is 0.578. The standard InChI is InChI=1S/C18H14N4OS2/c19-18(23)22(15-4-1-3-12-9-20-7-6-14(12)15)10-13-11-25-17(21-13)16-5-2-8-24-16/h1-9,11H,10H2,(H2,19,23). The van der Waals surface area contributed by atoms with Gasteiger partial charge in [-0.25, -0.2) is 9.78 Å². The number of thiophene rings is 1. The third-order valence-electron chi connectivity index (χ3n) is 3.82. The number of primary amides is 1. The van der Waals surface area contributed by atoms with E-state index in [0.29, 0.717) is 6.54 Å². The fourth-order valence-electron chi connectivity index (χ4n) is 2.68. The van der Waals surface area contributed by atoms with Gasteiger partial charge in [-0.05, 0) is 23.6 Å². The van der Waals surface area contributed by atoms with Crippen LogP contribution in [0.5, 0.6) is 0 Å². The van der Waals surface area contributed by atoms with Crippen LogP contribution < -0.4 is 10.6 Å². The number of fused-ring (bicyclic) bond motifs is 1. The Hall–Kier alpha value is -2.77. The predicted octanol–water partition coefficient (Wildman–Crippen LogP) is 4.51. The summed E-state index contributed by atoms with van der Waals surface area (Å²) < 4.78 is 0. The number of thiazole rings is 1. The molecule has 0 spiro atoms. The zero-order valence-electron chi connectivity index (χ0n) is 13.1. The molecule has 0 fully saturated rings. The zero-order valence-corrected chi connectivity index (χ0v) is 14.8. The molecular formula is C18H14N4OS2. The van der Waals surface area contributed by atoms with Crippen LogP contribution in [0.15, 0.2) is 59.6 Å². The number of hydrogen-bond donors (Lipinski definition) is 1. The monoisotopic (exact) mass is 366 g/mol. The van der Waals surface area contributed by atoms with Crippen LogP contribution in [0.3, 0.4) is 0 Å². The smallest absolute Gasteiger partial charge is 0.319 e. The molecule has 5 nitrogen and oxygen atoms in total. The van der Waals surface area contributed by atoms with Gasteiger partial charge in [0.15, 0.2) is 0 Å². The number of hydrogen-bond acceptors (Lipinski definition) is 5. The van der Waals surface area contributed by atoms with Gasteiger partial charge in [0.25, 0.3) is 0 Å². The molecule has 0 aliphatic carbocycles. The van der Waals surface area contributed by atoms with Gasteiger partial charge in [0.2, 0.25) is 0 Å². The van der Waals surface area contributed by atoms with Crippen molar-refractivity contribution in [2.24, 2.45) is 5.73 Å². The van der Waals surface area contributed by atoms with Gasteiger partial charge in [-0.2, -0.15) is 0 Å². The van der Waals surface area contributed by atoms with E-state index in [1.807, 2.05) is 47.2 Å². The molecule has 0 saturated carbocycles. The third kappa shape index (κ3) is 3.11. The molecular weight excluding hydrogens is 352 g/mol. The number of anilines is 1. The van der Waals surface area contributed by atoms with Crippen LogP contribution in [0.4, 0.5) is 10.5 Å². The van der Waals surface area contributed by atoms with Crippen LogP contribution in [0.25, 0.3) is 20.7 Å². The molecule has 0 saturated heterocycles.